The average Bonchev–Trinajstić information content (AvgIpc) is 3.50. The standard InChI is InChI=1S/C21H17ClN4O5/c22-14-3-1-13(2-4-14)11-25-7-8-26(21(25)28)20-23-10-18(31-20)19(27)24-15-5-6-16-17(9-15)30-12-29-16/h1-6,9-10H,7-8,11-12H2,(H,24,27). The Hall–Kier alpha value is -3.72. The molecule has 10 heteroatoms. The van der Waals surface area contributed by atoms with Crippen LogP contribution in [0.25, 0.3) is 0 Å². The van der Waals surface area contributed by atoms with Crippen molar-refractivity contribution in [3.63, 3.8) is 0 Å². The number of anilines is 2. The molecule has 0 radical (unpaired) electrons. The van der Waals surface area contributed by atoms with E-state index in [4.69, 9.17) is 25.5 Å². The Morgan fingerprint density at radius 1 is 1.10 bits per heavy atom. The first kappa shape index (κ1) is 19.3. The molecular weight excluding hydrogens is 424 g/mol. The van der Waals surface area contributed by atoms with Gasteiger partial charge in [-0.1, -0.05) is 23.7 Å². The average molecular weight is 441 g/mol. The quantitative estimate of drug-likeness (QED) is 0.649. The Balaban J connectivity index is 1.24. The van der Waals surface area contributed by atoms with Gasteiger partial charge in [0, 0.05) is 36.4 Å². The monoisotopic (exact) mass is 440 g/mol. The van der Waals surface area contributed by atoms with E-state index in [-0.39, 0.29) is 24.6 Å². The summed E-state index contributed by atoms with van der Waals surface area (Å²) in [6.07, 6.45) is 1.30. The number of amides is 3. The molecule has 0 bridgehead atoms. The third kappa shape index (κ3) is 3.87. The van der Waals surface area contributed by atoms with Crippen molar-refractivity contribution in [2.75, 3.05) is 30.1 Å². The van der Waals surface area contributed by atoms with Crippen LogP contribution in [0.15, 0.2) is 53.1 Å². The molecule has 1 aromatic heterocycles. The summed E-state index contributed by atoms with van der Waals surface area (Å²) in [6.45, 7) is 1.53. The second kappa shape index (κ2) is 7.84. The molecule has 1 N–H and O–H groups in total. The summed E-state index contributed by atoms with van der Waals surface area (Å²) in [6, 6.07) is 12.2. The van der Waals surface area contributed by atoms with Crippen molar-refractivity contribution in [2.45, 2.75) is 6.54 Å². The van der Waals surface area contributed by atoms with E-state index in [2.05, 4.69) is 10.3 Å². The van der Waals surface area contributed by atoms with E-state index in [1.807, 2.05) is 12.1 Å². The van der Waals surface area contributed by atoms with Crippen LogP contribution in [-0.4, -0.2) is 41.7 Å². The number of rotatable bonds is 5. The largest absolute Gasteiger partial charge is 0.454 e. The molecule has 2 aliphatic heterocycles. The zero-order valence-electron chi connectivity index (χ0n) is 16.2. The maximum absolute atomic E-state index is 12.8. The van der Waals surface area contributed by atoms with Gasteiger partial charge < -0.3 is 24.1 Å². The van der Waals surface area contributed by atoms with E-state index >= 15 is 0 Å². The molecule has 1 fully saturated rings. The van der Waals surface area contributed by atoms with Crippen molar-refractivity contribution in [1.29, 1.82) is 0 Å². The highest BCUT2D eigenvalue weighted by molar-refractivity contribution is 6.30. The first-order valence-corrected chi connectivity index (χ1v) is 9.92. The van der Waals surface area contributed by atoms with E-state index in [9.17, 15) is 9.59 Å². The van der Waals surface area contributed by atoms with Crippen LogP contribution in [-0.2, 0) is 6.54 Å². The predicted octanol–water partition coefficient (Wildman–Crippen LogP) is 3.75. The van der Waals surface area contributed by atoms with E-state index in [0.717, 1.165) is 5.56 Å². The lowest BCUT2D eigenvalue weighted by Crippen LogP contribution is -2.31. The molecule has 5 rings (SSSR count). The lowest BCUT2D eigenvalue weighted by atomic mass is 10.2. The molecular formula is C21H17ClN4O5. The Kier molecular flexibility index (Phi) is 4.87. The van der Waals surface area contributed by atoms with Gasteiger partial charge in [0.15, 0.2) is 11.5 Å². The summed E-state index contributed by atoms with van der Waals surface area (Å²) in [5.74, 6) is 0.689. The van der Waals surface area contributed by atoms with Gasteiger partial charge in [-0.25, -0.2) is 14.7 Å². The van der Waals surface area contributed by atoms with Crippen molar-refractivity contribution in [1.82, 2.24) is 9.88 Å². The summed E-state index contributed by atoms with van der Waals surface area (Å²) in [5.41, 5.74) is 1.49. The minimum Gasteiger partial charge on any atom is -0.454 e. The number of benzene rings is 2. The Morgan fingerprint density at radius 2 is 1.90 bits per heavy atom. The number of nitrogens with one attached hydrogen (secondary N) is 1. The minimum atomic E-state index is -0.484. The van der Waals surface area contributed by atoms with Crippen LogP contribution in [0, 0.1) is 0 Å². The summed E-state index contributed by atoms with van der Waals surface area (Å²) in [7, 11) is 0. The number of nitrogens with zero attached hydrogens (tertiary/aromatic N) is 3. The fourth-order valence-corrected chi connectivity index (χ4v) is 3.50. The fraction of sp³-hybridized carbons (Fsp3) is 0.190. The Bertz CT molecular complexity index is 1150. The SMILES string of the molecule is O=C(Nc1ccc2c(c1)OCO2)c1cnc(N2CCN(Cc3ccc(Cl)cc3)C2=O)o1. The number of urea groups is 1. The molecule has 1 saturated heterocycles. The summed E-state index contributed by atoms with van der Waals surface area (Å²) >= 11 is 5.91. The van der Waals surface area contributed by atoms with E-state index in [0.29, 0.717) is 41.8 Å². The van der Waals surface area contributed by atoms with Crippen molar-refractivity contribution >= 4 is 35.2 Å². The smallest absolute Gasteiger partial charge is 0.328 e. The molecule has 9 nitrogen and oxygen atoms in total. The van der Waals surface area contributed by atoms with Gasteiger partial charge in [0.05, 0.1) is 6.20 Å². The Morgan fingerprint density at radius 3 is 2.74 bits per heavy atom. The molecule has 3 amide bonds. The third-order valence-corrected chi connectivity index (χ3v) is 5.21. The van der Waals surface area contributed by atoms with Crippen LogP contribution in [0.3, 0.4) is 0 Å². The van der Waals surface area contributed by atoms with Crippen molar-refractivity contribution < 1.29 is 23.5 Å². The van der Waals surface area contributed by atoms with Crippen molar-refractivity contribution in [2.24, 2.45) is 0 Å². The van der Waals surface area contributed by atoms with Crippen LogP contribution in [0.5, 0.6) is 11.5 Å². The van der Waals surface area contributed by atoms with E-state index < -0.39 is 5.91 Å². The molecule has 2 aromatic carbocycles. The number of carbonyl (C=O) groups excluding carboxylic acids is 2. The van der Waals surface area contributed by atoms with Crippen LogP contribution in [0.4, 0.5) is 16.5 Å². The minimum absolute atomic E-state index is 0.00313. The van der Waals surface area contributed by atoms with Crippen molar-refractivity contribution in [3.8, 4) is 11.5 Å². The number of hydrogen-bond acceptors (Lipinski definition) is 6. The molecule has 0 spiro atoms. The van der Waals surface area contributed by atoms with Gasteiger partial charge in [0.2, 0.25) is 12.6 Å². The molecule has 0 unspecified atom stereocenters. The lowest BCUT2D eigenvalue weighted by Gasteiger charge is -2.16. The number of ether oxygens (including phenoxy) is 2. The summed E-state index contributed by atoms with van der Waals surface area (Å²) in [4.78, 5) is 32.5. The van der Waals surface area contributed by atoms with Crippen molar-refractivity contribution in [3.05, 3.63) is 65.0 Å². The van der Waals surface area contributed by atoms with Gasteiger partial charge in [-0.15, -0.1) is 0 Å². The normalized spacial score (nSPS) is 14.9. The summed E-state index contributed by atoms with van der Waals surface area (Å²) < 4.78 is 16.1. The van der Waals surface area contributed by atoms with Crippen LogP contribution in [0.2, 0.25) is 5.02 Å². The van der Waals surface area contributed by atoms with Gasteiger partial charge >= 0.3 is 12.0 Å². The second-order valence-electron chi connectivity index (χ2n) is 7.01. The molecule has 2 aliphatic rings. The highest BCUT2D eigenvalue weighted by Gasteiger charge is 2.33. The third-order valence-electron chi connectivity index (χ3n) is 4.96. The molecule has 0 aliphatic carbocycles. The van der Waals surface area contributed by atoms with Gasteiger partial charge in [0.25, 0.3) is 5.91 Å². The maximum atomic E-state index is 12.8. The molecule has 3 aromatic rings. The highest BCUT2D eigenvalue weighted by atomic mass is 35.5. The zero-order valence-corrected chi connectivity index (χ0v) is 17.0. The van der Waals surface area contributed by atoms with Crippen LogP contribution >= 0.6 is 11.6 Å². The van der Waals surface area contributed by atoms with E-state index in [1.165, 1.54) is 11.1 Å². The Labute approximate surface area is 182 Å². The van der Waals surface area contributed by atoms with Gasteiger partial charge in [-0.2, -0.15) is 0 Å². The van der Waals surface area contributed by atoms with Crippen LogP contribution < -0.4 is 19.7 Å². The molecule has 0 saturated carbocycles. The second-order valence-corrected chi connectivity index (χ2v) is 7.45. The zero-order chi connectivity index (χ0) is 21.4. The first-order chi connectivity index (χ1) is 15.1. The topological polar surface area (TPSA) is 97.1 Å². The fourth-order valence-electron chi connectivity index (χ4n) is 3.38. The molecule has 31 heavy (non-hydrogen) atoms. The van der Waals surface area contributed by atoms with Gasteiger partial charge in [0.1, 0.15) is 0 Å². The van der Waals surface area contributed by atoms with E-state index in [1.54, 1.807) is 35.2 Å². The van der Waals surface area contributed by atoms with Gasteiger partial charge in [-0.3, -0.25) is 4.79 Å². The number of aromatic nitrogens is 1. The maximum Gasteiger partial charge on any atom is 0.328 e. The number of halogens is 1. The van der Waals surface area contributed by atoms with Gasteiger partial charge in [-0.05, 0) is 29.8 Å². The van der Waals surface area contributed by atoms with Crippen LogP contribution in [0.1, 0.15) is 16.1 Å². The summed E-state index contributed by atoms with van der Waals surface area (Å²) in [5, 5.41) is 3.36. The number of carbonyl (C=O) groups is 2. The molecule has 158 valence electrons. The predicted molar refractivity (Wildman–Crippen MR) is 112 cm³/mol. The highest BCUT2D eigenvalue weighted by Crippen LogP contribution is 2.34. The molecule has 0 atom stereocenters. The number of fused-ring (bicyclic) bond motifs is 1. The first-order valence-electron chi connectivity index (χ1n) is 9.54. The number of oxazole rings is 1. The number of hydrogen-bond donors (Lipinski definition) is 1. The lowest BCUT2D eigenvalue weighted by molar-refractivity contribution is 0.0997. The molecule has 3 heterocycles.